The number of carbonyl (C=O) groups excluding carboxylic acids is 1. The van der Waals surface area contributed by atoms with Gasteiger partial charge >= 0.3 is 0 Å². The lowest BCUT2D eigenvalue weighted by molar-refractivity contribution is -0.118. The topological polar surface area (TPSA) is 92.9 Å². The molecule has 0 saturated carbocycles. The van der Waals surface area contributed by atoms with Crippen molar-refractivity contribution < 1.29 is 9.42 Å². The predicted molar refractivity (Wildman–Crippen MR) is 83.6 cm³/mol. The molecule has 118 valence electrons. The Balaban J connectivity index is 1.88. The molecule has 4 rings (SSSR count). The average molecular weight is 311 g/mol. The fourth-order valence-electron chi connectivity index (χ4n) is 3.30. The van der Waals surface area contributed by atoms with E-state index in [1.165, 1.54) is 0 Å². The molecule has 1 aliphatic carbocycles. The van der Waals surface area contributed by atoms with Gasteiger partial charge in [0.05, 0.1) is 6.04 Å². The summed E-state index contributed by atoms with van der Waals surface area (Å²) in [5.74, 6) is 1.16. The third-order valence-electron chi connectivity index (χ3n) is 4.29. The summed E-state index contributed by atoms with van der Waals surface area (Å²) >= 11 is 0. The van der Waals surface area contributed by atoms with Gasteiger partial charge in [-0.25, -0.2) is 4.63 Å². The predicted octanol–water partition coefficient (Wildman–Crippen LogP) is 2.69. The molecule has 1 atom stereocenters. The first-order valence-electron chi connectivity index (χ1n) is 7.56. The lowest BCUT2D eigenvalue weighted by Crippen LogP contribution is -2.31. The summed E-state index contributed by atoms with van der Waals surface area (Å²) in [5, 5.41) is 14.3. The fourth-order valence-corrected chi connectivity index (χ4v) is 3.30. The first-order chi connectivity index (χ1) is 11.0. The molecule has 2 aromatic heterocycles. The van der Waals surface area contributed by atoms with Crippen molar-refractivity contribution in [3.8, 4) is 0 Å². The summed E-state index contributed by atoms with van der Waals surface area (Å²) in [6.45, 7) is 4.19. The molecular weight excluding hydrogens is 294 g/mol. The number of ketones is 1. The summed E-state index contributed by atoms with van der Waals surface area (Å²) in [5.41, 5.74) is 2.50. The van der Waals surface area contributed by atoms with Gasteiger partial charge in [-0.15, -0.1) is 0 Å². The van der Waals surface area contributed by atoms with Gasteiger partial charge in [-0.3, -0.25) is 9.78 Å². The van der Waals surface area contributed by atoms with Crippen molar-refractivity contribution in [2.45, 2.75) is 32.7 Å². The summed E-state index contributed by atoms with van der Waals surface area (Å²) < 4.78 is 4.82. The summed E-state index contributed by atoms with van der Waals surface area (Å²) in [6.07, 6.45) is 4.72. The number of Topliss-reactive ketones (excluding diaryl/α,β-unsaturated/α-hetero) is 1. The molecule has 1 aliphatic heterocycles. The number of nitrogens with one attached hydrogen (secondary N) is 2. The van der Waals surface area contributed by atoms with Gasteiger partial charge in [0.15, 0.2) is 5.78 Å². The molecule has 2 N–H and O–H groups in total. The number of allylic oxidation sites excluding steroid dienone is 1. The van der Waals surface area contributed by atoms with Crippen LogP contribution >= 0.6 is 0 Å². The van der Waals surface area contributed by atoms with Gasteiger partial charge in [-0.2, -0.15) is 0 Å². The maximum absolute atomic E-state index is 12.8. The SMILES string of the molecule is CC1(C)CC(=O)C2=C(C1)Nc1nonc1N[C@@H]2c1ccncc1. The van der Waals surface area contributed by atoms with E-state index >= 15 is 0 Å². The van der Waals surface area contributed by atoms with E-state index in [1.807, 2.05) is 12.1 Å². The molecule has 0 unspecified atom stereocenters. The van der Waals surface area contributed by atoms with Crippen molar-refractivity contribution in [2.24, 2.45) is 5.41 Å². The number of nitrogens with zero attached hydrogens (tertiary/aromatic N) is 3. The van der Waals surface area contributed by atoms with E-state index in [4.69, 9.17) is 4.63 Å². The van der Waals surface area contributed by atoms with Crippen LogP contribution in [0.25, 0.3) is 0 Å². The van der Waals surface area contributed by atoms with Gasteiger partial charge in [0.2, 0.25) is 11.6 Å². The third kappa shape index (κ3) is 2.38. The molecule has 3 heterocycles. The quantitative estimate of drug-likeness (QED) is 0.836. The van der Waals surface area contributed by atoms with E-state index < -0.39 is 0 Å². The number of fused-ring (bicyclic) bond motifs is 1. The fraction of sp³-hybridized carbons (Fsp3) is 0.375. The van der Waals surface area contributed by atoms with Crippen molar-refractivity contribution in [3.63, 3.8) is 0 Å². The number of pyridine rings is 1. The minimum Gasteiger partial charge on any atom is -0.353 e. The molecule has 7 nitrogen and oxygen atoms in total. The highest BCUT2D eigenvalue weighted by molar-refractivity contribution is 6.00. The highest BCUT2D eigenvalue weighted by atomic mass is 16.6. The van der Waals surface area contributed by atoms with Crippen molar-refractivity contribution >= 4 is 17.4 Å². The van der Waals surface area contributed by atoms with Crippen molar-refractivity contribution in [3.05, 3.63) is 41.4 Å². The molecule has 7 heteroatoms. The van der Waals surface area contributed by atoms with E-state index in [1.54, 1.807) is 12.4 Å². The minimum absolute atomic E-state index is 0.0899. The molecule has 0 fully saturated rings. The standard InChI is InChI=1S/C16H17N5O2/c1-16(2)7-10-12(11(22)8-16)13(9-3-5-17-6-4-9)19-15-14(18-10)20-23-21-15/h3-6,13H,7-8H2,1-2H3,(H,18,20)(H,19,21)/t13-/m1/s1. The zero-order chi connectivity index (χ0) is 16.0. The van der Waals surface area contributed by atoms with E-state index in [0.29, 0.717) is 18.1 Å². The van der Waals surface area contributed by atoms with Gasteiger partial charge in [-0.1, -0.05) is 13.8 Å². The Kier molecular flexibility index (Phi) is 2.97. The summed E-state index contributed by atoms with van der Waals surface area (Å²) in [6, 6.07) is 3.50. The Hall–Kier alpha value is -2.70. The second-order valence-corrected chi connectivity index (χ2v) is 6.78. The van der Waals surface area contributed by atoms with Crippen LogP contribution in [0, 0.1) is 5.41 Å². The van der Waals surface area contributed by atoms with Crippen LogP contribution in [-0.4, -0.2) is 21.1 Å². The van der Waals surface area contributed by atoms with Crippen LogP contribution in [0.3, 0.4) is 0 Å². The Bertz CT molecular complexity index is 794. The number of hydrogen-bond donors (Lipinski definition) is 2. The van der Waals surface area contributed by atoms with E-state index in [9.17, 15) is 4.79 Å². The highest BCUT2D eigenvalue weighted by Crippen LogP contribution is 2.44. The van der Waals surface area contributed by atoms with Crippen molar-refractivity contribution in [1.82, 2.24) is 15.3 Å². The smallest absolute Gasteiger partial charge is 0.219 e. The molecule has 2 aromatic rings. The lowest BCUT2D eigenvalue weighted by atomic mass is 9.73. The molecule has 0 bridgehead atoms. The molecule has 0 aromatic carbocycles. The highest BCUT2D eigenvalue weighted by Gasteiger charge is 2.39. The van der Waals surface area contributed by atoms with Crippen LogP contribution < -0.4 is 10.6 Å². The normalized spacial score (nSPS) is 22.5. The number of carbonyl (C=O) groups is 1. The summed E-state index contributed by atoms with van der Waals surface area (Å²) in [7, 11) is 0. The molecule has 0 saturated heterocycles. The van der Waals surface area contributed by atoms with Gasteiger partial charge in [-0.05, 0) is 39.8 Å². The monoisotopic (exact) mass is 311 g/mol. The molecular formula is C16H17N5O2. The Morgan fingerprint density at radius 1 is 1.17 bits per heavy atom. The van der Waals surface area contributed by atoms with Crippen LogP contribution in [0.4, 0.5) is 11.6 Å². The van der Waals surface area contributed by atoms with E-state index in [-0.39, 0.29) is 17.2 Å². The molecule has 23 heavy (non-hydrogen) atoms. The molecule has 0 radical (unpaired) electrons. The molecule has 0 amide bonds. The molecule has 2 aliphatic rings. The Morgan fingerprint density at radius 2 is 1.91 bits per heavy atom. The Labute approximate surface area is 133 Å². The number of anilines is 2. The first kappa shape index (κ1) is 13.9. The maximum atomic E-state index is 12.8. The zero-order valence-corrected chi connectivity index (χ0v) is 13.0. The maximum Gasteiger partial charge on any atom is 0.219 e. The minimum atomic E-state index is -0.294. The van der Waals surface area contributed by atoms with Crippen LogP contribution in [0.1, 0.15) is 38.3 Å². The van der Waals surface area contributed by atoms with Gasteiger partial charge in [0.25, 0.3) is 0 Å². The number of rotatable bonds is 1. The second kappa shape index (κ2) is 4.91. The Morgan fingerprint density at radius 3 is 2.70 bits per heavy atom. The largest absolute Gasteiger partial charge is 0.353 e. The first-order valence-corrected chi connectivity index (χ1v) is 7.56. The van der Waals surface area contributed by atoms with Crippen LogP contribution in [0.15, 0.2) is 40.4 Å². The van der Waals surface area contributed by atoms with Gasteiger partial charge < -0.3 is 10.6 Å². The van der Waals surface area contributed by atoms with E-state index in [0.717, 1.165) is 23.3 Å². The van der Waals surface area contributed by atoms with Crippen LogP contribution in [-0.2, 0) is 4.79 Å². The van der Waals surface area contributed by atoms with Crippen LogP contribution in [0.5, 0.6) is 0 Å². The van der Waals surface area contributed by atoms with Crippen LogP contribution in [0.2, 0.25) is 0 Å². The van der Waals surface area contributed by atoms with E-state index in [2.05, 4.69) is 39.8 Å². The number of aromatic nitrogens is 3. The van der Waals surface area contributed by atoms with Gasteiger partial charge in [0.1, 0.15) is 0 Å². The third-order valence-corrected chi connectivity index (χ3v) is 4.29. The average Bonchev–Trinajstić information content (AvgIpc) is 2.86. The second-order valence-electron chi connectivity index (χ2n) is 6.78. The van der Waals surface area contributed by atoms with Crippen molar-refractivity contribution in [2.75, 3.05) is 10.6 Å². The molecule has 0 spiro atoms. The van der Waals surface area contributed by atoms with Gasteiger partial charge in [0, 0.05) is 30.1 Å². The lowest BCUT2D eigenvalue weighted by Gasteiger charge is -2.33. The summed E-state index contributed by atoms with van der Waals surface area (Å²) in [4.78, 5) is 16.9. The van der Waals surface area contributed by atoms with Crippen molar-refractivity contribution in [1.29, 1.82) is 0 Å². The number of hydrogen-bond acceptors (Lipinski definition) is 7. The zero-order valence-electron chi connectivity index (χ0n) is 13.0.